The number of hydrogen-bond donors (Lipinski definition) is 0. The number of nitrogens with zero attached hydrogens (tertiary/aromatic N) is 1. The van der Waals surface area contributed by atoms with E-state index in [4.69, 9.17) is 0 Å². The second-order valence-electron chi connectivity index (χ2n) is 13.2. The van der Waals surface area contributed by atoms with Gasteiger partial charge in [0.15, 0.2) is 0 Å². The van der Waals surface area contributed by atoms with Crippen LogP contribution in [0.2, 0.25) is 0 Å². The molecule has 0 radical (unpaired) electrons. The van der Waals surface area contributed by atoms with Gasteiger partial charge in [0.2, 0.25) is 0 Å². The van der Waals surface area contributed by atoms with Gasteiger partial charge in [0.1, 0.15) is 0 Å². The van der Waals surface area contributed by atoms with E-state index in [2.05, 4.69) is 181 Å². The van der Waals surface area contributed by atoms with E-state index in [1.807, 2.05) is 11.3 Å². The minimum atomic E-state index is -0.356. The number of thiophene rings is 1. The summed E-state index contributed by atoms with van der Waals surface area (Å²) in [7, 11) is 0. The average Bonchev–Trinajstić information content (AvgIpc) is 3.79. The van der Waals surface area contributed by atoms with Crippen LogP contribution in [0.15, 0.2) is 176 Å². The molecular weight excluding hydrogens is 611 g/mol. The summed E-state index contributed by atoms with van der Waals surface area (Å²) in [5, 5.41) is 5.11. The van der Waals surface area contributed by atoms with E-state index in [-0.39, 0.29) is 5.41 Å². The largest absolute Gasteiger partial charge is 0.309 e. The van der Waals surface area contributed by atoms with E-state index in [1.54, 1.807) is 0 Å². The quantitative estimate of drug-likeness (QED) is 0.186. The van der Waals surface area contributed by atoms with Crippen LogP contribution in [0.5, 0.6) is 0 Å². The lowest BCUT2D eigenvalue weighted by molar-refractivity contribution is 0.795. The van der Waals surface area contributed by atoms with Crippen molar-refractivity contribution in [3.8, 4) is 22.3 Å². The molecule has 1 spiro atoms. The molecule has 1 nitrogen and oxygen atoms in total. The van der Waals surface area contributed by atoms with Crippen molar-refractivity contribution in [3.05, 3.63) is 198 Å². The molecule has 0 unspecified atom stereocenters. The third-order valence-corrected chi connectivity index (χ3v) is 12.0. The Balaban J connectivity index is 1.18. The molecule has 1 aromatic heterocycles. The van der Waals surface area contributed by atoms with E-state index in [9.17, 15) is 0 Å². The van der Waals surface area contributed by atoms with Gasteiger partial charge >= 0.3 is 0 Å². The summed E-state index contributed by atoms with van der Waals surface area (Å²) < 4.78 is 2.62. The molecule has 0 atom stereocenters. The number of rotatable bonds is 3. The van der Waals surface area contributed by atoms with E-state index in [1.165, 1.54) is 81.1 Å². The molecule has 228 valence electrons. The first-order valence-corrected chi connectivity index (χ1v) is 17.8. The van der Waals surface area contributed by atoms with E-state index in [0.29, 0.717) is 0 Å². The monoisotopic (exact) mass is 639 g/mol. The molecule has 0 N–H and O–H groups in total. The third-order valence-electron chi connectivity index (χ3n) is 10.8. The number of fused-ring (bicyclic) bond motifs is 14. The molecule has 2 aliphatic rings. The maximum absolute atomic E-state index is 2.50. The van der Waals surface area contributed by atoms with Crippen LogP contribution in [-0.2, 0) is 5.41 Å². The van der Waals surface area contributed by atoms with Crippen molar-refractivity contribution < 1.29 is 0 Å². The van der Waals surface area contributed by atoms with E-state index >= 15 is 0 Å². The minimum absolute atomic E-state index is 0.356. The van der Waals surface area contributed by atoms with Crippen molar-refractivity contribution in [1.82, 2.24) is 0 Å². The summed E-state index contributed by atoms with van der Waals surface area (Å²) in [5.41, 5.74) is 14.0. The molecule has 9 aromatic rings. The van der Waals surface area contributed by atoms with Crippen molar-refractivity contribution in [2.24, 2.45) is 0 Å². The predicted molar refractivity (Wildman–Crippen MR) is 208 cm³/mol. The van der Waals surface area contributed by atoms with Crippen molar-refractivity contribution in [1.29, 1.82) is 0 Å². The summed E-state index contributed by atoms with van der Waals surface area (Å²) in [6, 6.07) is 65.4. The average molecular weight is 640 g/mol. The summed E-state index contributed by atoms with van der Waals surface area (Å²) in [6.45, 7) is 0. The molecule has 0 aliphatic heterocycles. The Morgan fingerprint density at radius 2 is 1.00 bits per heavy atom. The van der Waals surface area contributed by atoms with Crippen molar-refractivity contribution in [2.45, 2.75) is 5.41 Å². The maximum Gasteiger partial charge on any atom is 0.0725 e. The van der Waals surface area contributed by atoms with Crippen LogP contribution < -0.4 is 4.90 Å². The zero-order valence-corrected chi connectivity index (χ0v) is 27.4. The van der Waals surface area contributed by atoms with E-state index < -0.39 is 0 Å². The Hall–Kier alpha value is -5.96. The number of anilines is 3. The highest BCUT2D eigenvalue weighted by atomic mass is 32.1. The van der Waals surface area contributed by atoms with Crippen LogP contribution in [-0.4, -0.2) is 0 Å². The van der Waals surface area contributed by atoms with Gasteiger partial charge in [-0.05, 0) is 104 Å². The summed E-state index contributed by atoms with van der Waals surface area (Å²) >= 11 is 1.88. The van der Waals surface area contributed by atoms with Crippen LogP contribution in [0.4, 0.5) is 17.1 Å². The lowest BCUT2D eigenvalue weighted by Gasteiger charge is -2.30. The maximum atomic E-state index is 2.50. The van der Waals surface area contributed by atoms with Gasteiger partial charge in [0.05, 0.1) is 15.8 Å². The highest BCUT2D eigenvalue weighted by Crippen LogP contribution is 2.63. The molecule has 0 saturated carbocycles. The molecule has 2 aliphatic carbocycles. The lowest BCUT2D eigenvalue weighted by Crippen LogP contribution is -2.25. The predicted octanol–water partition coefficient (Wildman–Crippen LogP) is 13.0. The molecular formula is C47H29NS. The first-order valence-electron chi connectivity index (χ1n) is 16.9. The second-order valence-corrected chi connectivity index (χ2v) is 14.3. The second kappa shape index (κ2) is 10.0. The Morgan fingerprint density at radius 3 is 1.73 bits per heavy atom. The smallest absolute Gasteiger partial charge is 0.0725 e. The Morgan fingerprint density at radius 1 is 0.388 bits per heavy atom. The fourth-order valence-corrected chi connectivity index (χ4v) is 10.1. The Bertz CT molecular complexity index is 2740. The van der Waals surface area contributed by atoms with Gasteiger partial charge in [-0.15, -0.1) is 11.3 Å². The van der Waals surface area contributed by atoms with Gasteiger partial charge in [-0.1, -0.05) is 127 Å². The summed E-state index contributed by atoms with van der Waals surface area (Å²) in [6.07, 6.45) is 0. The van der Waals surface area contributed by atoms with Crippen LogP contribution in [0.25, 0.3) is 53.2 Å². The summed E-state index contributed by atoms with van der Waals surface area (Å²) in [4.78, 5) is 2.44. The van der Waals surface area contributed by atoms with Gasteiger partial charge in [-0.2, -0.15) is 0 Å². The molecule has 0 bridgehead atoms. The molecule has 11 rings (SSSR count). The summed E-state index contributed by atoms with van der Waals surface area (Å²) in [5.74, 6) is 0. The van der Waals surface area contributed by atoms with Gasteiger partial charge in [-0.25, -0.2) is 0 Å². The molecule has 0 fully saturated rings. The first kappa shape index (κ1) is 27.0. The number of para-hydroxylation sites is 1. The van der Waals surface area contributed by atoms with E-state index in [0.717, 1.165) is 11.4 Å². The minimum Gasteiger partial charge on any atom is -0.309 e. The zero-order valence-electron chi connectivity index (χ0n) is 26.6. The molecule has 2 heteroatoms. The molecule has 8 aromatic carbocycles. The van der Waals surface area contributed by atoms with Gasteiger partial charge in [0, 0.05) is 26.8 Å². The van der Waals surface area contributed by atoms with Crippen molar-refractivity contribution >= 4 is 59.3 Å². The lowest BCUT2D eigenvalue weighted by atomic mass is 9.70. The first-order chi connectivity index (χ1) is 24.3. The zero-order chi connectivity index (χ0) is 32.1. The Labute approximate surface area is 289 Å². The van der Waals surface area contributed by atoms with Crippen LogP contribution in [0.3, 0.4) is 0 Å². The normalized spacial score (nSPS) is 13.5. The SMILES string of the molecule is c1ccc(N(c2ccc3cc4c(cc3c2)C2(c3ccccc3-c3ccccc32)c2ccccc2-4)c2cccc3c2sc2ccccc23)cc1. The van der Waals surface area contributed by atoms with Crippen LogP contribution >= 0.6 is 11.3 Å². The fourth-order valence-electron chi connectivity index (χ4n) is 8.88. The van der Waals surface area contributed by atoms with Gasteiger partial charge in [0.25, 0.3) is 0 Å². The molecule has 0 saturated heterocycles. The highest BCUT2D eigenvalue weighted by Gasteiger charge is 2.51. The molecule has 49 heavy (non-hydrogen) atoms. The van der Waals surface area contributed by atoms with Gasteiger partial charge < -0.3 is 4.90 Å². The Kier molecular flexibility index (Phi) is 5.53. The van der Waals surface area contributed by atoms with Crippen molar-refractivity contribution in [2.75, 3.05) is 4.90 Å². The highest BCUT2D eigenvalue weighted by molar-refractivity contribution is 7.26. The molecule has 1 heterocycles. The standard InChI is InChI=1S/C47H29NS/c1-2-13-32(14-3-1)48(44-23-12-19-38-37-18-7-11-24-45(37)49-46(38)44)33-26-25-30-28-39-36-17-6-10-22-42(36)47(43(39)29-31(30)27-33)40-20-8-4-15-34(40)35-16-5-9-21-41(35)47/h1-29H. The number of benzene rings is 8. The number of hydrogen-bond acceptors (Lipinski definition) is 2. The van der Waals surface area contributed by atoms with Crippen LogP contribution in [0, 0.1) is 0 Å². The van der Waals surface area contributed by atoms with Gasteiger partial charge in [-0.3, -0.25) is 0 Å². The third kappa shape index (κ3) is 3.59. The topological polar surface area (TPSA) is 3.24 Å². The fraction of sp³-hybridized carbons (Fsp3) is 0.0213. The van der Waals surface area contributed by atoms with Crippen LogP contribution in [0.1, 0.15) is 22.3 Å². The van der Waals surface area contributed by atoms with Crippen molar-refractivity contribution in [3.63, 3.8) is 0 Å². The molecule has 0 amide bonds.